The number of aromatic nitrogens is 1. The van der Waals surface area contributed by atoms with E-state index in [1.54, 1.807) is 12.3 Å². The highest BCUT2D eigenvalue weighted by atomic mass is 19.2. The number of carbonyl (C=O) groups excluding carboxylic acids is 1. The van der Waals surface area contributed by atoms with Crippen molar-refractivity contribution < 1.29 is 13.6 Å². The Labute approximate surface area is 145 Å². The summed E-state index contributed by atoms with van der Waals surface area (Å²) in [5.74, 6) is -1.62. The first-order chi connectivity index (χ1) is 12.1. The second-order valence-electron chi connectivity index (χ2n) is 6.24. The molecule has 3 rings (SSSR count). The third-order valence-corrected chi connectivity index (χ3v) is 4.58. The summed E-state index contributed by atoms with van der Waals surface area (Å²) in [7, 11) is 0. The highest BCUT2D eigenvalue weighted by Crippen LogP contribution is 2.25. The van der Waals surface area contributed by atoms with Crippen molar-refractivity contribution in [1.82, 2.24) is 4.98 Å². The molecule has 1 aromatic carbocycles. The van der Waals surface area contributed by atoms with Gasteiger partial charge in [0.25, 0.3) is 5.91 Å². The average Bonchev–Trinajstić information content (AvgIpc) is 2.64. The minimum atomic E-state index is -1.04. The van der Waals surface area contributed by atoms with Crippen LogP contribution in [-0.4, -0.2) is 23.5 Å². The zero-order chi connectivity index (χ0) is 17.8. The van der Waals surface area contributed by atoms with Gasteiger partial charge in [-0.15, -0.1) is 0 Å². The van der Waals surface area contributed by atoms with Gasteiger partial charge in [-0.2, -0.15) is 0 Å². The van der Waals surface area contributed by atoms with E-state index < -0.39 is 17.5 Å². The molecule has 132 valence electrons. The maximum atomic E-state index is 13.2. The van der Waals surface area contributed by atoms with Crippen molar-refractivity contribution in [3.05, 3.63) is 53.7 Å². The summed E-state index contributed by atoms with van der Waals surface area (Å²) in [6.45, 7) is 3.17. The van der Waals surface area contributed by atoms with E-state index in [-0.39, 0.29) is 5.56 Å². The van der Waals surface area contributed by atoms with E-state index in [4.69, 9.17) is 0 Å². The number of carbonyl (C=O) groups is 1. The van der Waals surface area contributed by atoms with Crippen LogP contribution in [0.4, 0.5) is 20.3 Å². The third kappa shape index (κ3) is 3.95. The molecule has 6 heteroatoms. The van der Waals surface area contributed by atoms with Crippen LogP contribution in [0, 0.1) is 11.6 Å². The Hall–Kier alpha value is -2.50. The number of nitrogens with zero attached hydrogens (tertiary/aromatic N) is 2. The lowest BCUT2D eigenvalue weighted by Crippen LogP contribution is -2.39. The molecule has 0 bridgehead atoms. The fourth-order valence-corrected chi connectivity index (χ4v) is 3.20. The predicted molar refractivity (Wildman–Crippen MR) is 93.8 cm³/mol. The summed E-state index contributed by atoms with van der Waals surface area (Å²) < 4.78 is 26.2. The van der Waals surface area contributed by atoms with Gasteiger partial charge in [-0.3, -0.25) is 4.79 Å². The van der Waals surface area contributed by atoms with Crippen molar-refractivity contribution in [2.75, 3.05) is 16.8 Å². The second kappa shape index (κ2) is 7.59. The molecule has 1 saturated heterocycles. The fraction of sp³-hybridized carbons (Fsp3) is 0.368. The Morgan fingerprint density at radius 2 is 2.08 bits per heavy atom. The third-order valence-electron chi connectivity index (χ3n) is 4.58. The van der Waals surface area contributed by atoms with E-state index in [0.717, 1.165) is 37.3 Å². The Balaban J connectivity index is 1.69. The molecule has 1 amide bonds. The molecule has 1 N–H and O–H groups in total. The van der Waals surface area contributed by atoms with Crippen LogP contribution in [0.5, 0.6) is 0 Å². The van der Waals surface area contributed by atoms with Gasteiger partial charge in [0.15, 0.2) is 11.6 Å². The highest BCUT2D eigenvalue weighted by molar-refractivity contribution is 6.04. The number of amides is 1. The van der Waals surface area contributed by atoms with E-state index in [9.17, 15) is 13.6 Å². The van der Waals surface area contributed by atoms with Crippen LogP contribution in [-0.2, 0) is 0 Å². The summed E-state index contributed by atoms with van der Waals surface area (Å²) >= 11 is 0. The molecule has 1 aliphatic heterocycles. The van der Waals surface area contributed by atoms with Crippen LogP contribution < -0.4 is 10.2 Å². The van der Waals surface area contributed by atoms with Crippen molar-refractivity contribution in [1.29, 1.82) is 0 Å². The van der Waals surface area contributed by atoms with Crippen molar-refractivity contribution in [3.8, 4) is 0 Å². The van der Waals surface area contributed by atoms with E-state index in [0.29, 0.717) is 11.7 Å². The van der Waals surface area contributed by atoms with Crippen molar-refractivity contribution in [2.24, 2.45) is 0 Å². The number of hydrogen-bond donors (Lipinski definition) is 1. The van der Waals surface area contributed by atoms with Gasteiger partial charge in [-0.05, 0) is 56.0 Å². The van der Waals surface area contributed by atoms with Crippen LogP contribution in [0.25, 0.3) is 0 Å². The van der Waals surface area contributed by atoms with Crippen LogP contribution in [0.3, 0.4) is 0 Å². The molecule has 1 aromatic heterocycles. The zero-order valence-electron chi connectivity index (χ0n) is 14.1. The number of benzene rings is 1. The minimum Gasteiger partial charge on any atom is -0.354 e. The molecule has 0 aliphatic carbocycles. The summed E-state index contributed by atoms with van der Waals surface area (Å²) in [4.78, 5) is 18.9. The van der Waals surface area contributed by atoms with Gasteiger partial charge in [0.05, 0.1) is 11.9 Å². The lowest BCUT2D eigenvalue weighted by Gasteiger charge is -2.36. The molecule has 0 spiro atoms. The van der Waals surface area contributed by atoms with Crippen molar-refractivity contribution in [2.45, 2.75) is 38.6 Å². The Morgan fingerprint density at radius 3 is 2.76 bits per heavy atom. The van der Waals surface area contributed by atoms with Gasteiger partial charge in [0, 0.05) is 18.2 Å². The van der Waals surface area contributed by atoms with Crippen molar-refractivity contribution >= 4 is 17.4 Å². The number of nitrogens with one attached hydrogen (secondary N) is 1. The quantitative estimate of drug-likeness (QED) is 0.894. The van der Waals surface area contributed by atoms with Crippen LogP contribution in [0.1, 0.15) is 43.0 Å². The largest absolute Gasteiger partial charge is 0.354 e. The Morgan fingerprint density at radius 1 is 1.24 bits per heavy atom. The van der Waals surface area contributed by atoms with Gasteiger partial charge in [-0.25, -0.2) is 13.8 Å². The number of hydrogen-bond acceptors (Lipinski definition) is 3. The first kappa shape index (κ1) is 17.3. The Bertz CT molecular complexity index is 749. The van der Waals surface area contributed by atoms with Gasteiger partial charge in [0.1, 0.15) is 5.82 Å². The number of pyridine rings is 1. The molecule has 0 radical (unpaired) electrons. The van der Waals surface area contributed by atoms with Crippen LogP contribution in [0.2, 0.25) is 0 Å². The van der Waals surface area contributed by atoms with Gasteiger partial charge in [0.2, 0.25) is 0 Å². The number of piperidine rings is 1. The van der Waals surface area contributed by atoms with E-state index in [2.05, 4.69) is 22.1 Å². The van der Waals surface area contributed by atoms with Crippen LogP contribution >= 0.6 is 0 Å². The zero-order valence-corrected chi connectivity index (χ0v) is 14.1. The maximum absolute atomic E-state index is 13.2. The SMILES string of the molecule is CCC1CCCCN1c1ccc(NC(=O)c2ccc(F)c(F)c2)cn1. The standard InChI is InChI=1S/C19H21F2N3O/c1-2-15-5-3-4-10-24(15)18-9-7-14(12-22-18)23-19(25)13-6-8-16(20)17(21)11-13/h6-9,11-12,15H,2-5,10H2,1H3,(H,23,25). The molecular formula is C19H21F2N3O. The summed E-state index contributed by atoms with van der Waals surface area (Å²) in [6.07, 6.45) is 6.25. The van der Waals surface area contributed by atoms with Crippen molar-refractivity contribution in [3.63, 3.8) is 0 Å². The Kier molecular flexibility index (Phi) is 5.26. The summed E-state index contributed by atoms with van der Waals surface area (Å²) in [6, 6.07) is 7.23. The fourth-order valence-electron chi connectivity index (χ4n) is 3.20. The van der Waals surface area contributed by atoms with E-state index in [1.165, 1.54) is 18.9 Å². The van der Waals surface area contributed by atoms with Gasteiger partial charge < -0.3 is 10.2 Å². The average molecular weight is 345 g/mol. The molecule has 1 atom stereocenters. The normalized spacial score (nSPS) is 17.4. The summed E-state index contributed by atoms with van der Waals surface area (Å²) in [5, 5.41) is 2.65. The van der Waals surface area contributed by atoms with Crippen LogP contribution in [0.15, 0.2) is 36.5 Å². The number of rotatable bonds is 4. The first-order valence-corrected chi connectivity index (χ1v) is 8.57. The molecule has 2 aromatic rings. The van der Waals surface area contributed by atoms with E-state index in [1.807, 2.05) is 6.07 Å². The summed E-state index contributed by atoms with van der Waals surface area (Å²) in [5.41, 5.74) is 0.577. The molecule has 2 heterocycles. The number of halogens is 2. The van der Waals surface area contributed by atoms with Gasteiger partial charge in [-0.1, -0.05) is 6.92 Å². The van der Waals surface area contributed by atoms with Gasteiger partial charge >= 0.3 is 0 Å². The molecule has 25 heavy (non-hydrogen) atoms. The lowest BCUT2D eigenvalue weighted by atomic mass is 10.00. The highest BCUT2D eigenvalue weighted by Gasteiger charge is 2.21. The van der Waals surface area contributed by atoms with E-state index >= 15 is 0 Å². The monoisotopic (exact) mass is 345 g/mol. The minimum absolute atomic E-state index is 0.0602. The topological polar surface area (TPSA) is 45.2 Å². The molecule has 4 nitrogen and oxygen atoms in total. The molecule has 1 unspecified atom stereocenters. The lowest BCUT2D eigenvalue weighted by molar-refractivity contribution is 0.102. The molecule has 1 aliphatic rings. The smallest absolute Gasteiger partial charge is 0.255 e. The molecular weight excluding hydrogens is 324 g/mol. The first-order valence-electron chi connectivity index (χ1n) is 8.57. The molecule has 1 fully saturated rings. The predicted octanol–water partition coefficient (Wildman–Crippen LogP) is 4.38. The maximum Gasteiger partial charge on any atom is 0.255 e. The number of anilines is 2. The molecule has 0 saturated carbocycles. The second-order valence-corrected chi connectivity index (χ2v) is 6.24.